The number of benzene rings is 2. The van der Waals surface area contributed by atoms with Crippen LogP contribution in [-0.4, -0.2) is 9.97 Å². The number of nitrogens with two attached hydrogens (primary N) is 1. The van der Waals surface area contributed by atoms with E-state index >= 15 is 4.39 Å². The van der Waals surface area contributed by atoms with Gasteiger partial charge in [-0.15, -0.1) is 0 Å². The van der Waals surface area contributed by atoms with Crippen LogP contribution in [0, 0.1) is 17.5 Å². The van der Waals surface area contributed by atoms with Gasteiger partial charge in [0.05, 0.1) is 0 Å². The van der Waals surface area contributed by atoms with Gasteiger partial charge in [0.15, 0.2) is 23.2 Å². The highest BCUT2D eigenvalue weighted by Gasteiger charge is 2.19. The first-order valence-corrected chi connectivity index (χ1v) is 8.96. The molecule has 0 aliphatic heterocycles. The molecule has 0 bridgehead atoms. The molecule has 3 aromatic rings. The van der Waals surface area contributed by atoms with Crippen molar-refractivity contribution in [2.24, 2.45) is 0 Å². The maximum atomic E-state index is 15.3. The summed E-state index contributed by atoms with van der Waals surface area (Å²) in [7, 11) is 0. The van der Waals surface area contributed by atoms with Gasteiger partial charge in [0.25, 0.3) is 0 Å². The number of aromatic nitrogens is 2. The van der Waals surface area contributed by atoms with Gasteiger partial charge in [0.2, 0.25) is 0 Å². The van der Waals surface area contributed by atoms with Gasteiger partial charge < -0.3 is 10.5 Å². The van der Waals surface area contributed by atoms with Crippen molar-refractivity contribution in [3.8, 4) is 17.0 Å². The number of hydrogen-bond donors (Lipinski definition) is 1. The van der Waals surface area contributed by atoms with E-state index in [4.69, 9.17) is 10.5 Å². The Balaban J connectivity index is 1.96. The van der Waals surface area contributed by atoms with Gasteiger partial charge in [0.1, 0.15) is 18.1 Å². The second-order valence-electron chi connectivity index (χ2n) is 6.35. The highest BCUT2D eigenvalue weighted by Crippen LogP contribution is 2.34. The predicted octanol–water partition coefficient (Wildman–Crippen LogP) is 5.06. The van der Waals surface area contributed by atoms with Crippen molar-refractivity contribution >= 4 is 5.82 Å². The zero-order chi connectivity index (χ0) is 20.1. The summed E-state index contributed by atoms with van der Waals surface area (Å²) in [5.41, 5.74) is 7.30. The lowest BCUT2D eigenvalue weighted by molar-refractivity contribution is 0.286. The van der Waals surface area contributed by atoms with Crippen molar-refractivity contribution in [3.05, 3.63) is 71.3 Å². The van der Waals surface area contributed by atoms with E-state index in [1.807, 2.05) is 6.92 Å². The number of anilines is 1. The van der Waals surface area contributed by atoms with E-state index in [1.54, 1.807) is 12.1 Å². The van der Waals surface area contributed by atoms with Gasteiger partial charge >= 0.3 is 0 Å². The molecule has 0 unspecified atom stereocenters. The molecule has 1 heterocycles. The molecule has 0 atom stereocenters. The number of ether oxygens (including phenoxy) is 1. The Hall–Kier alpha value is -3.09. The molecule has 0 radical (unpaired) electrons. The van der Waals surface area contributed by atoms with Crippen molar-refractivity contribution in [2.75, 3.05) is 5.73 Å². The molecule has 0 aliphatic rings. The molecule has 0 spiro atoms. The third-order valence-electron chi connectivity index (χ3n) is 4.33. The summed E-state index contributed by atoms with van der Waals surface area (Å²) in [4.78, 5) is 8.05. The first kappa shape index (κ1) is 19.7. The molecule has 0 fully saturated rings. The highest BCUT2D eigenvalue weighted by molar-refractivity contribution is 5.72. The summed E-state index contributed by atoms with van der Waals surface area (Å²) < 4.78 is 47.5. The second-order valence-corrected chi connectivity index (χ2v) is 6.35. The number of rotatable bonds is 7. The number of nitrogens with zero attached hydrogens (tertiary/aromatic N) is 2. The largest absolute Gasteiger partial charge is 0.486 e. The van der Waals surface area contributed by atoms with Crippen LogP contribution in [0.4, 0.5) is 19.0 Å². The van der Waals surface area contributed by atoms with E-state index in [1.165, 1.54) is 18.5 Å². The summed E-state index contributed by atoms with van der Waals surface area (Å²) >= 11 is 0. The lowest BCUT2D eigenvalue weighted by atomic mass is 10.0. The van der Waals surface area contributed by atoms with Crippen molar-refractivity contribution in [2.45, 2.75) is 32.8 Å². The van der Waals surface area contributed by atoms with Crippen LogP contribution in [0.15, 0.2) is 42.7 Å². The Morgan fingerprint density at radius 3 is 2.50 bits per heavy atom. The first-order valence-electron chi connectivity index (χ1n) is 8.96. The fourth-order valence-electron chi connectivity index (χ4n) is 2.84. The molecule has 7 heteroatoms. The van der Waals surface area contributed by atoms with Gasteiger partial charge in [-0.05, 0) is 42.2 Å². The summed E-state index contributed by atoms with van der Waals surface area (Å²) in [6, 6.07) is 6.81. The molecular formula is C21H20F3N3O. The number of hydrogen-bond acceptors (Lipinski definition) is 4. The fraction of sp³-hybridized carbons (Fsp3) is 0.238. The van der Waals surface area contributed by atoms with Gasteiger partial charge in [-0.2, -0.15) is 0 Å². The minimum Gasteiger partial charge on any atom is -0.486 e. The lowest BCUT2D eigenvalue weighted by Crippen LogP contribution is -2.05. The van der Waals surface area contributed by atoms with Crippen LogP contribution in [0.25, 0.3) is 11.3 Å². The number of unbranched alkanes of at least 4 members (excludes halogenated alkanes) is 1. The van der Waals surface area contributed by atoms with Gasteiger partial charge in [-0.1, -0.05) is 25.5 Å². The van der Waals surface area contributed by atoms with E-state index in [-0.39, 0.29) is 29.4 Å². The normalized spacial score (nSPS) is 10.9. The third-order valence-corrected chi connectivity index (χ3v) is 4.33. The molecule has 2 N–H and O–H groups in total. The van der Waals surface area contributed by atoms with Crippen molar-refractivity contribution in [3.63, 3.8) is 0 Å². The zero-order valence-electron chi connectivity index (χ0n) is 15.4. The van der Waals surface area contributed by atoms with Gasteiger partial charge in [-0.3, -0.25) is 4.98 Å². The van der Waals surface area contributed by atoms with Crippen molar-refractivity contribution in [1.29, 1.82) is 0 Å². The van der Waals surface area contributed by atoms with Crippen LogP contribution in [0.2, 0.25) is 0 Å². The Kier molecular flexibility index (Phi) is 6.13. The molecular weight excluding hydrogens is 367 g/mol. The van der Waals surface area contributed by atoms with Crippen molar-refractivity contribution in [1.82, 2.24) is 9.97 Å². The van der Waals surface area contributed by atoms with Gasteiger partial charge in [0, 0.05) is 18.0 Å². The molecule has 0 saturated heterocycles. The maximum absolute atomic E-state index is 15.3. The third kappa shape index (κ3) is 4.24. The Morgan fingerprint density at radius 2 is 1.79 bits per heavy atom. The topological polar surface area (TPSA) is 61.0 Å². The molecule has 1 aromatic heterocycles. The molecule has 146 valence electrons. The summed E-state index contributed by atoms with van der Waals surface area (Å²) in [5, 5.41) is 0. The van der Waals surface area contributed by atoms with Crippen LogP contribution in [0.5, 0.6) is 5.75 Å². The van der Waals surface area contributed by atoms with Crippen LogP contribution in [-0.2, 0) is 13.0 Å². The lowest BCUT2D eigenvalue weighted by Gasteiger charge is -2.15. The average Bonchev–Trinajstić information content (AvgIpc) is 2.69. The Morgan fingerprint density at radius 1 is 1.00 bits per heavy atom. The Bertz CT molecular complexity index is 979. The SMILES string of the molecule is CCCCc1ccc(-c2nccnc2N)c(F)c1OCc1ccc(F)c(F)c1. The molecule has 0 aliphatic carbocycles. The molecule has 2 aromatic carbocycles. The van der Waals surface area contributed by atoms with Crippen molar-refractivity contribution < 1.29 is 17.9 Å². The monoisotopic (exact) mass is 387 g/mol. The van der Waals surface area contributed by atoms with E-state index in [9.17, 15) is 8.78 Å². The first-order chi connectivity index (χ1) is 13.5. The zero-order valence-corrected chi connectivity index (χ0v) is 15.4. The number of halogens is 3. The smallest absolute Gasteiger partial charge is 0.174 e. The van der Waals surface area contributed by atoms with E-state index in [0.29, 0.717) is 17.5 Å². The second kappa shape index (κ2) is 8.73. The van der Waals surface area contributed by atoms with Gasteiger partial charge in [-0.25, -0.2) is 18.2 Å². The highest BCUT2D eigenvalue weighted by atomic mass is 19.2. The van der Waals surface area contributed by atoms with E-state index in [2.05, 4.69) is 9.97 Å². The molecule has 28 heavy (non-hydrogen) atoms. The van der Waals surface area contributed by atoms with E-state index in [0.717, 1.165) is 25.0 Å². The fourth-order valence-corrected chi connectivity index (χ4v) is 2.84. The molecule has 3 rings (SSSR count). The minimum atomic E-state index is -0.978. The van der Waals surface area contributed by atoms with Crippen LogP contribution >= 0.6 is 0 Å². The molecule has 0 saturated carbocycles. The Labute approximate surface area is 161 Å². The average molecular weight is 387 g/mol. The molecule has 4 nitrogen and oxygen atoms in total. The summed E-state index contributed by atoms with van der Waals surface area (Å²) in [6.45, 7) is 1.93. The molecule has 0 amide bonds. The quantitative estimate of drug-likeness (QED) is 0.615. The van der Waals surface area contributed by atoms with Crippen LogP contribution in [0.1, 0.15) is 30.9 Å². The van der Waals surface area contributed by atoms with E-state index < -0.39 is 17.5 Å². The summed E-state index contributed by atoms with van der Waals surface area (Å²) in [6.07, 6.45) is 5.26. The maximum Gasteiger partial charge on any atom is 0.174 e. The minimum absolute atomic E-state index is 0.0562. The predicted molar refractivity (Wildman–Crippen MR) is 101 cm³/mol. The number of aryl methyl sites for hydroxylation is 1. The summed E-state index contributed by atoms with van der Waals surface area (Å²) in [5.74, 6) is -2.37. The van der Waals surface area contributed by atoms with Crippen LogP contribution in [0.3, 0.4) is 0 Å². The standard InChI is InChI=1S/C21H20F3N3O/c1-2-3-4-14-6-7-15(19-21(25)27-10-9-26-19)18(24)20(14)28-12-13-5-8-16(22)17(23)11-13/h5-11H,2-4,12H2,1H3,(H2,25,27). The number of nitrogen functional groups attached to an aromatic ring is 1. The van der Waals surface area contributed by atoms with Crippen LogP contribution < -0.4 is 10.5 Å².